The Morgan fingerprint density at radius 3 is 2.55 bits per heavy atom. The van der Waals surface area contributed by atoms with E-state index in [9.17, 15) is 4.79 Å². The highest BCUT2D eigenvalue weighted by molar-refractivity contribution is 6.30. The van der Waals surface area contributed by atoms with Crippen molar-refractivity contribution in [3.63, 3.8) is 0 Å². The summed E-state index contributed by atoms with van der Waals surface area (Å²) in [7, 11) is 0. The predicted octanol–water partition coefficient (Wildman–Crippen LogP) is 2.41. The second kappa shape index (κ2) is 6.12. The van der Waals surface area contributed by atoms with E-state index in [1.807, 2.05) is 0 Å². The van der Waals surface area contributed by atoms with Gasteiger partial charge in [-0.3, -0.25) is 4.79 Å². The van der Waals surface area contributed by atoms with Gasteiger partial charge in [0.2, 0.25) is 0 Å². The van der Waals surface area contributed by atoms with E-state index in [0.29, 0.717) is 23.8 Å². The zero-order valence-electron chi connectivity index (χ0n) is 11.2. The van der Waals surface area contributed by atoms with Gasteiger partial charge in [-0.1, -0.05) is 11.6 Å². The molecule has 1 amide bonds. The highest BCUT2D eigenvalue weighted by atomic mass is 35.5. The Bertz CT molecular complexity index is 477. The van der Waals surface area contributed by atoms with Gasteiger partial charge in [0.05, 0.1) is 25.4 Å². The monoisotopic (exact) mass is 295 g/mol. The Balaban J connectivity index is 1.58. The lowest BCUT2D eigenvalue weighted by molar-refractivity contribution is -0.157. The molecule has 0 radical (unpaired) electrons. The third-order valence-electron chi connectivity index (χ3n) is 3.92. The van der Waals surface area contributed by atoms with Crippen molar-refractivity contribution in [2.45, 2.75) is 37.5 Å². The number of nitrogens with one attached hydrogen (secondary N) is 1. The first-order chi connectivity index (χ1) is 9.72. The summed E-state index contributed by atoms with van der Waals surface area (Å²) < 4.78 is 11.4. The minimum Gasteiger partial charge on any atom is -0.373 e. The van der Waals surface area contributed by atoms with Crippen molar-refractivity contribution in [1.29, 1.82) is 0 Å². The van der Waals surface area contributed by atoms with Gasteiger partial charge in [0, 0.05) is 16.6 Å². The van der Waals surface area contributed by atoms with E-state index in [1.54, 1.807) is 24.3 Å². The normalized spacial score (nSPS) is 29.6. The molecule has 108 valence electrons. The van der Waals surface area contributed by atoms with Crippen molar-refractivity contribution in [1.82, 2.24) is 5.32 Å². The molecule has 1 saturated carbocycles. The Kier molecular flexibility index (Phi) is 4.24. The van der Waals surface area contributed by atoms with Crippen molar-refractivity contribution < 1.29 is 14.3 Å². The van der Waals surface area contributed by atoms with Gasteiger partial charge < -0.3 is 14.8 Å². The van der Waals surface area contributed by atoms with Gasteiger partial charge in [-0.15, -0.1) is 0 Å². The largest absolute Gasteiger partial charge is 0.373 e. The maximum atomic E-state index is 12.2. The van der Waals surface area contributed by atoms with E-state index in [0.717, 1.165) is 19.3 Å². The van der Waals surface area contributed by atoms with Crippen LogP contribution in [0.1, 0.15) is 29.6 Å². The number of carbonyl (C=O) groups is 1. The van der Waals surface area contributed by atoms with Gasteiger partial charge in [-0.25, -0.2) is 0 Å². The number of hydrogen-bond acceptors (Lipinski definition) is 3. The molecule has 5 heteroatoms. The minimum absolute atomic E-state index is 0.0538. The molecule has 2 aliphatic rings. The van der Waals surface area contributed by atoms with Crippen LogP contribution in [0.25, 0.3) is 0 Å². The lowest BCUT2D eigenvalue weighted by Crippen LogP contribution is -2.49. The van der Waals surface area contributed by atoms with Crippen LogP contribution in [0.2, 0.25) is 5.02 Å². The van der Waals surface area contributed by atoms with Crippen LogP contribution in [0.3, 0.4) is 0 Å². The number of ether oxygens (including phenoxy) is 2. The van der Waals surface area contributed by atoms with Crippen LogP contribution in [0.4, 0.5) is 0 Å². The van der Waals surface area contributed by atoms with E-state index < -0.39 is 0 Å². The molecule has 1 heterocycles. The molecule has 1 aromatic carbocycles. The number of benzene rings is 1. The van der Waals surface area contributed by atoms with Crippen molar-refractivity contribution in [3.05, 3.63) is 34.9 Å². The maximum Gasteiger partial charge on any atom is 0.251 e. The van der Waals surface area contributed by atoms with Gasteiger partial charge >= 0.3 is 0 Å². The number of carbonyl (C=O) groups excluding carboxylic acids is 1. The maximum absolute atomic E-state index is 12.2. The number of halogens is 1. The molecular weight excluding hydrogens is 278 g/mol. The van der Waals surface area contributed by atoms with E-state index >= 15 is 0 Å². The molecule has 3 atom stereocenters. The molecule has 2 fully saturated rings. The van der Waals surface area contributed by atoms with E-state index in [1.165, 1.54) is 0 Å². The first-order valence-electron chi connectivity index (χ1n) is 7.02. The van der Waals surface area contributed by atoms with Gasteiger partial charge in [0.25, 0.3) is 5.91 Å². The molecule has 1 aliphatic carbocycles. The zero-order valence-corrected chi connectivity index (χ0v) is 11.9. The Labute approximate surface area is 123 Å². The van der Waals surface area contributed by atoms with E-state index in [2.05, 4.69) is 5.32 Å². The molecule has 0 spiro atoms. The zero-order chi connectivity index (χ0) is 13.9. The smallest absolute Gasteiger partial charge is 0.251 e. The quantitative estimate of drug-likeness (QED) is 0.911. The van der Waals surface area contributed by atoms with Crippen molar-refractivity contribution in [3.8, 4) is 0 Å². The van der Waals surface area contributed by atoms with Crippen LogP contribution in [0.5, 0.6) is 0 Å². The summed E-state index contributed by atoms with van der Waals surface area (Å²) in [4.78, 5) is 12.2. The average Bonchev–Trinajstić information content (AvgIpc) is 2.48. The number of hydrogen-bond donors (Lipinski definition) is 1. The summed E-state index contributed by atoms with van der Waals surface area (Å²) in [6.07, 6.45) is 3.02. The van der Waals surface area contributed by atoms with Crippen molar-refractivity contribution in [2.24, 2.45) is 0 Å². The first kappa shape index (κ1) is 13.9. The van der Waals surface area contributed by atoms with Crippen molar-refractivity contribution in [2.75, 3.05) is 13.2 Å². The molecule has 1 aromatic rings. The van der Waals surface area contributed by atoms with Gasteiger partial charge in [-0.05, 0) is 43.5 Å². The van der Waals surface area contributed by atoms with Gasteiger partial charge in [0.15, 0.2) is 0 Å². The Hall–Kier alpha value is -1.10. The van der Waals surface area contributed by atoms with Crippen LogP contribution >= 0.6 is 11.6 Å². The predicted molar refractivity (Wildman–Crippen MR) is 76.0 cm³/mol. The molecule has 3 rings (SSSR count). The Morgan fingerprint density at radius 1 is 1.10 bits per heavy atom. The third kappa shape index (κ3) is 3.14. The second-order valence-corrected chi connectivity index (χ2v) is 5.75. The molecule has 20 heavy (non-hydrogen) atoms. The summed E-state index contributed by atoms with van der Waals surface area (Å²) in [5, 5.41) is 3.70. The number of amides is 1. The summed E-state index contributed by atoms with van der Waals surface area (Å²) in [6.45, 7) is 1.34. The second-order valence-electron chi connectivity index (χ2n) is 5.31. The standard InChI is InChI=1S/C15H18ClNO3/c16-11-3-1-10(2-4-11)15(18)17-12-5-6-13-14(9-12)20-8-7-19-13/h1-4,12-14H,5-9H2,(H,17,18). The lowest BCUT2D eigenvalue weighted by Gasteiger charge is -2.39. The number of rotatable bonds is 2. The van der Waals surface area contributed by atoms with Crippen LogP contribution in [-0.4, -0.2) is 37.4 Å². The van der Waals surface area contributed by atoms with Crippen LogP contribution in [0.15, 0.2) is 24.3 Å². The van der Waals surface area contributed by atoms with E-state index in [4.69, 9.17) is 21.1 Å². The summed E-state index contributed by atoms with van der Waals surface area (Å²) >= 11 is 5.82. The van der Waals surface area contributed by atoms with E-state index in [-0.39, 0.29) is 24.2 Å². The van der Waals surface area contributed by atoms with Crippen LogP contribution in [0, 0.1) is 0 Å². The lowest BCUT2D eigenvalue weighted by atomic mass is 9.89. The van der Waals surface area contributed by atoms with Crippen LogP contribution in [-0.2, 0) is 9.47 Å². The number of fused-ring (bicyclic) bond motifs is 1. The fourth-order valence-electron chi connectivity index (χ4n) is 2.87. The molecular formula is C15H18ClNO3. The Morgan fingerprint density at radius 2 is 1.80 bits per heavy atom. The summed E-state index contributed by atoms with van der Waals surface area (Å²) in [5.41, 5.74) is 0.636. The topological polar surface area (TPSA) is 47.6 Å². The average molecular weight is 296 g/mol. The fourth-order valence-corrected chi connectivity index (χ4v) is 2.99. The molecule has 1 N–H and O–H groups in total. The molecule has 1 aliphatic heterocycles. The third-order valence-corrected chi connectivity index (χ3v) is 4.17. The van der Waals surface area contributed by atoms with Gasteiger partial charge in [0.1, 0.15) is 0 Å². The van der Waals surface area contributed by atoms with Gasteiger partial charge in [-0.2, -0.15) is 0 Å². The molecule has 3 unspecified atom stereocenters. The summed E-state index contributed by atoms with van der Waals surface area (Å²) in [5.74, 6) is -0.0538. The molecule has 4 nitrogen and oxygen atoms in total. The molecule has 1 saturated heterocycles. The first-order valence-corrected chi connectivity index (χ1v) is 7.40. The summed E-state index contributed by atoms with van der Waals surface area (Å²) in [6, 6.07) is 7.09. The molecule has 0 bridgehead atoms. The minimum atomic E-state index is -0.0538. The molecule has 0 aromatic heterocycles. The van der Waals surface area contributed by atoms with Crippen LogP contribution < -0.4 is 5.32 Å². The highest BCUT2D eigenvalue weighted by Crippen LogP contribution is 2.27. The fraction of sp³-hybridized carbons (Fsp3) is 0.533. The highest BCUT2D eigenvalue weighted by Gasteiger charge is 2.34. The SMILES string of the molecule is O=C(NC1CCC2OCCOC2C1)c1ccc(Cl)cc1. The van der Waals surface area contributed by atoms with Crippen molar-refractivity contribution >= 4 is 17.5 Å².